The maximum Gasteiger partial charge on any atom is 0.295 e. The lowest BCUT2D eigenvalue weighted by Crippen LogP contribution is -2.31. The monoisotopic (exact) mass is 486 g/mol. The van der Waals surface area contributed by atoms with Gasteiger partial charge in [-0.3, -0.25) is 14.6 Å². The molecule has 0 aliphatic carbocycles. The van der Waals surface area contributed by atoms with Crippen molar-refractivity contribution in [3.05, 3.63) is 95.3 Å². The summed E-state index contributed by atoms with van der Waals surface area (Å²) in [6.07, 6.45) is 4.47. The van der Waals surface area contributed by atoms with Crippen molar-refractivity contribution in [2.24, 2.45) is 0 Å². The summed E-state index contributed by atoms with van der Waals surface area (Å²) in [5.74, 6) is -0.464. The van der Waals surface area contributed by atoms with Crippen molar-refractivity contribution >= 4 is 17.4 Å². The Balaban J connectivity index is 1.80. The number of aromatic nitrogens is 1. The van der Waals surface area contributed by atoms with Gasteiger partial charge in [0.25, 0.3) is 11.7 Å². The van der Waals surface area contributed by atoms with Crippen molar-refractivity contribution in [3.63, 3.8) is 0 Å². The van der Waals surface area contributed by atoms with E-state index in [2.05, 4.69) is 4.98 Å². The van der Waals surface area contributed by atoms with Gasteiger partial charge in [0.15, 0.2) is 11.5 Å². The Bertz CT molecular complexity index is 1240. The zero-order valence-corrected chi connectivity index (χ0v) is 20.5. The third-order valence-electron chi connectivity index (χ3n) is 6.02. The second-order valence-corrected chi connectivity index (χ2v) is 8.45. The molecule has 1 aliphatic heterocycles. The average Bonchev–Trinajstić information content (AvgIpc) is 3.17. The predicted octanol–water partition coefficient (Wildman–Crippen LogP) is 4.93. The van der Waals surface area contributed by atoms with Crippen LogP contribution in [0, 0.1) is 0 Å². The van der Waals surface area contributed by atoms with Crippen LogP contribution < -0.4 is 9.47 Å². The summed E-state index contributed by atoms with van der Waals surface area (Å²) >= 11 is 0. The molecule has 0 bridgehead atoms. The van der Waals surface area contributed by atoms with Crippen LogP contribution in [0.3, 0.4) is 0 Å². The van der Waals surface area contributed by atoms with E-state index in [4.69, 9.17) is 9.47 Å². The molecular weight excluding hydrogens is 456 g/mol. The van der Waals surface area contributed by atoms with Crippen LogP contribution in [0.1, 0.15) is 43.0 Å². The Morgan fingerprint density at radius 3 is 2.42 bits per heavy atom. The van der Waals surface area contributed by atoms with E-state index in [1.54, 1.807) is 24.3 Å². The maximum atomic E-state index is 13.3. The van der Waals surface area contributed by atoms with E-state index in [1.165, 1.54) is 17.3 Å². The van der Waals surface area contributed by atoms with E-state index in [1.807, 2.05) is 50.2 Å². The molecule has 3 aromatic rings. The van der Waals surface area contributed by atoms with E-state index in [-0.39, 0.29) is 11.3 Å². The Kier molecular flexibility index (Phi) is 8.00. The minimum atomic E-state index is -0.777. The smallest absolute Gasteiger partial charge is 0.295 e. The van der Waals surface area contributed by atoms with Crippen LogP contribution in [0.5, 0.6) is 11.5 Å². The van der Waals surface area contributed by atoms with Crippen LogP contribution >= 0.6 is 0 Å². The maximum absolute atomic E-state index is 13.3. The van der Waals surface area contributed by atoms with Crippen LogP contribution in [0.4, 0.5) is 0 Å². The molecule has 2 aromatic carbocycles. The zero-order valence-electron chi connectivity index (χ0n) is 20.5. The third-order valence-corrected chi connectivity index (χ3v) is 6.02. The van der Waals surface area contributed by atoms with Gasteiger partial charge in [0, 0.05) is 24.5 Å². The highest BCUT2D eigenvalue weighted by molar-refractivity contribution is 6.46. The first kappa shape index (κ1) is 25.0. The zero-order chi connectivity index (χ0) is 25.5. The predicted molar refractivity (Wildman–Crippen MR) is 137 cm³/mol. The number of pyridine rings is 1. The van der Waals surface area contributed by atoms with Crippen LogP contribution in [-0.2, 0) is 16.0 Å². The number of likely N-dealkylation sites (tertiary alicyclic amines) is 1. The van der Waals surface area contributed by atoms with Gasteiger partial charge in [-0.25, -0.2) is 0 Å². The minimum absolute atomic E-state index is 0.0453. The number of nitrogens with zero attached hydrogens (tertiary/aromatic N) is 2. The minimum Gasteiger partial charge on any atom is -0.507 e. The highest BCUT2D eigenvalue weighted by atomic mass is 16.5. The molecule has 1 saturated heterocycles. The molecule has 7 nitrogen and oxygen atoms in total. The summed E-state index contributed by atoms with van der Waals surface area (Å²) < 4.78 is 11.7. The number of carbonyl (C=O) groups excluding carboxylic acids is 2. The first-order chi connectivity index (χ1) is 17.5. The highest BCUT2D eigenvalue weighted by Crippen LogP contribution is 2.42. The SMILES string of the molecule is CCCOc1ccc(C2/C(=C(\O)c3ccncc3)C(=O)C(=O)N2CCc2ccccc2)cc1OCC. The number of ether oxygens (including phenoxy) is 2. The summed E-state index contributed by atoms with van der Waals surface area (Å²) in [6.45, 7) is 5.18. The van der Waals surface area contributed by atoms with Crippen LogP contribution in [0.15, 0.2) is 78.6 Å². The molecule has 1 N–H and O–H groups in total. The number of ketones is 1. The van der Waals surface area contributed by atoms with Crippen molar-refractivity contribution in [2.75, 3.05) is 19.8 Å². The Labute approximate surface area is 211 Å². The van der Waals surface area contributed by atoms with E-state index in [0.29, 0.717) is 48.8 Å². The van der Waals surface area contributed by atoms with Crippen molar-refractivity contribution in [2.45, 2.75) is 32.7 Å². The number of carbonyl (C=O) groups is 2. The van der Waals surface area contributed by atoms with Gasteiger partial charge in [0.2, 0.25) is 0 Å². The summed E-state index contributed by atoms with van der Waals surface area (Å²) in [4.78, 5) is 32.0. The molecule has 2 heterocycles. The van der Waals surface area contributed by atoms with E-state index in [0.717, 1.165) is 12.0 Å². The summed E-state index contributed by atoms with van der Waals surface area (Å²) in [5, 5.41) is 11.2. The van der Waals surface area contributed by atoms with Crippen LogP contribution in [0.2, 0.25) is 0 Å². The standard InChI is InChI=1S/C29H30N2O5/c1-3-18-36-23-11-10-22(19-24(23)35-4-2)26-25(27(32)21-12-15-30-16-13-21)28(33)29(34)31(26)17-14-20-8-6-5-7-9-20/h5-13,15-16,19,26,32H,3-4,14,17-18H2,1-2H3/b27-25+. The number of Topliss-reactive ketones (excluding diaryl/α,β-unsaturated/α-hetero) is 1. The molecule has 1 aromatic heterocycles. The molecule has 7 heteroatoms. The Morgan fingerprint density at radius 2 is 1.72 bits per heavy atom. The molecule has 0 spiro atoms. The molecule has 1 unspecified atom stereocenters. The van der Waals surface area contributed by atoms with Gasteiger partial charge in [-0.05, 0) is 55.2 Å². The fourth-order valence-electron chi connectivity index (χ4n) is 4.31. The number of hydrogen-bond acceptors (Lipinski definition) is 6. The van der Waals surface area contributed by atoms with Gasteiger partial charge in [0.1, 0.15) is 5.76 Å². The topological polar surface area (TPSA) is 89.0 Å². The number of aliphatic hydroxyl groups is 1. The fourth-order valence-corrected chi connectivity index (χ4v) is 4.31. The number of amides is 1. The van der Waals surface area contributed by atoms with Gasteiger partial charge in [-0.1, -0.05) is 43.3 Å². The fraction of sp³-hybridized carbons (Fsp3) is 0.276. The molecule has 1 aliphatic rings. The number of hydrogen-bond donors (Lipinski definition) is 1. The number of rotatable bonds is 10. The van der Waals surface area contributed by atoms with Crippen molar-refractivity contribution in [1.29, 1.82) is 0 Å². The number of aliphatic hydroxyl groups excluding tert-OH is 1. The summed E-state index contributed by atoms with van der Waals surface area (Å²) in [6, 6.07) is 17.6. The van der Waals surface area contributed by atoms with Gasteiger partial charge in [0.05, 0.1) is 24.8 Å². The van der Waals surface area contributed by atoms with Gasteiger partial charge >= 0.3 is 0 Å². The lowest BCUT2D eigenvalue weighted by atomic mass is 9.95. The third kappa shape index (κ3) is 5.25. The van der Waals surface area contributed by atoms with Crippen molar-refractivity contribution in [1.82, 2.24) is 9.88 Å². The number of benzene rings is 2. The van der Waals surface area contributed by atoms with E-state index < -0.39 is 17.7 Å². The lowest BCUT2D eigenvalue weighted by molar-refractivity contribution is -0.139. The second kappa shape index (κ2) is 11.5. The molecular formula is C29H30N2O5. The summed E-state index contributed by atoms with van der Waals surface area (Å²) in [7, 11) is 0. The van der Waals surface area contributed by atoms with Gasteiger partial charge in [-0.2, -0.15) is 0 Å². The molecule has 4 rings (SSSR count). The molecule has 0 saturated carbocycles. The molecule has 1 amide bonds. The normalized spacial score (nSPS) is 16.8. The van der Waals surface area contributed by atoms with Crippen molar-refractivity contribution < 1.29 is 24.2 Å². The largest absolute Gasteiger partial charge is 0.507 e. The molecule has 186 valence electrons. The Morgan fingerprint density at radius 1 is 0.972 bits per heavy atom. The van der Waals surface area contributed by atoms with Gasteiger partial charge in [-0.15, -0.1) is 0 Å². The Hall–Kier alpha value is -4.13. The molecule has 36 heavy (non-hydrogen) atoms. The quantitative estimate of drug-likeness (QED) is 0.248. The highest BCUT2D eigenvalue weighted by Gasteiger charge is 2.46. The van der Waals surface area contributed by atoms with E-state index >= 15 is 0 Å². The van der Waals surface area contributed by atoms with Crippen molar-refractivity contribution in [3.8, 4) is 11.5 Å². The molecule has 1 atom stereocenters. The summed E-state index contributed by atoms with van der Waals surface area (Å²) in [5.41, 5.74) is 2.17. The molecule has 1 fully saturated rings. The first-order valence-corrected chi connectivity index (χ1v) is 12.2. The first-order valence-electron chi connectivity index (χ1n) is 12.2. The molecule has 0 radical (unpaired) electrons. The van der Waals surface area contributed by atoms with Crippen LogP contribution in [0.25, 0.3) is 5.76 Å². The lowest BCUT2D eigenvalue weighted by Gasteiger charge is -2.26. The average molecular weight is 487 g/mol. The van der Waals surface area contributed by atoms with E-state index in [9.17, 15) is 14.7 Å². The van der Waals surface area contributed by atoms with Crippen LogP contribution in [-0.4, -0.2) is 46.4 Å². The van der Waals surface area contributed by atoms with Gasteiger partial charge < -0.3 is 19.5 Å². The second-order valence-electron chi connectivity index (χ2n) is 8.45.